The number of rotatable bonds is 11. The van der Waals surface area contributed by atoms with E-state index in [9.17, 15) is 14.7 Å². The standard InChI is InChI=1S/C28H39N3O5/c1-18(2)13-23-16-22(11-12-36-23)30-24-10-9-20(21(17-35-4)15-27(32)33)14-26(24)31(28(29)34)25-8-6-5-7-19(25)3/h5-10,14,18,21-23,30H,11-13,15-17H2,1-4H3,(H2,29,34)(H,32,33). The molecule has 0 spiro atoms. The number of nitrogens with one attached hydrogen (secondary N) is 1. The first-order valence-corrected chi connectivity index (χ1v) is 12.6. The van der Waals surface area contributed by atoms with Crippen LogP contribution >= 0.6 is 0 Å². The lowest BCUT2D eigenvalue weighted by molar-refractivity contribution is -0.137. The largest absolute Gasteiger partial charge is 0.481 e. The van der Waals surface area contributed by atoms with Crippen molar-refractivity contribution in [3.05, 3.63) is 53.6 Å². The van der Waals surface area contributed by atoms with Gasteiger partial charge >= 0.3 is 12.0 Å². The van der Waals surface area contributed by atoms with Gasteiger partial charge in [0.05, 0.1) is 36.2 Å². The number of aryl methyl sites for hydroxylation is 1. The number of methoxy groups -OCH3 is 1. The molecule has 1 aliphatic heterocycles. The Labute approximate surface area is 213 Å². The molecule has 1 heterocycles. The van der Waals surface area contributed by atoms with Crippen molar-refractivity contribution >= 4 is 29.1 Å². The maximum absolute atomic E-state index is 12.8. The Kier molecular flexibility index (Phi) is 9.73. The second-order valence-corrected chi connectivity index (χ2v) is 9.97. The highest BCUT2D eigenvalue weighted by molar-refractivity contribution is 6.02. The van der Waals surface area contributed by atoms with Crippen LogP contribution < -0.4 is 16.0 Å². The number of carbonyl (C=O) groups excluding carboxylic acids is 1. The van der Waals surface area contributed by atoms with Crippen molar-refractivity contribution in [3.8, 4) is 0 Å². The van der Waals surface area contributed by atoms with Crippen LogP contribution in [0.1, 0.15) is 56.6 Å². The van der Waals surface area contributed by atoms with Crippen molar-refractivity contribution in [2.75, 3.05) is 30.5 Å². The molecular weight excluding hydrogens is 458 g/mol. The lowest BCUT2D eigenvalue weighted by atomic mass is 9.94. The highest BCUT2D eigenvalue weighted by Crippen LogP contribution is 2.38. The number of ether oxygens (including phenoxy) is 2. The summed E-state index contributed by atoms with van der Waals surface area (Å²) in [5.41, 5.74) is 9.63. The number of carboxylic acid groups (broad SMARTS) is 1. The van der Waals surface area contributed by atoms with Gasteiger partial charge in [-0.15, -0.1) is 0 Å². The number of carboxylic acids is 1. The number of carbonyl (C=O) groups is 2. The molecule has 3 atom stereocenters. The summed E-state index contributed by atoms with van der Waals surface area (Å²) in [4.78, 5) is 25.9. The van der Waals surface area contributed by atoms with E-state index in [1.165, 1.54) is 4.90 Å². The molecule has 2 aromatic rings. The van der Waals surface area contributed by atoms with Gasteiger partial charge in [-0.1, -0.05) is 38.1 Å². The number of para-hydroxylation sites is 1. The first-order chi connectivity index (χ1) is 17.2. The van der Waals surface area contributed by atoms with Crippen molar-refractivity contribution in [3.63, 3.8) is 0 Å². The van der Waals surface area contributed by atoms with E-state index >= 15 is 0 Å². The molecule has 1 fully saturated rings. The fraction of sp³-hybridized carbons (Fsp3) is 0.500. The molecule has 0 aromatic heterocycles. The van der Waals surface area contributed by atoms with E-state index in [1.807, 2.05) is 49.4 Å². The van der Waals surface area contributed by atoms with Crippen LogP contribution in [0.25, 0.3) is 0 Å². The van der Waals surface area contributed by atoms with Gasteiger partial charge in [-0.3, -0.25) is 9.69 Å². The quantitative estimate of drug-likeness (QED) is 0.382. The molecule has 0 saturated carbocycles. The van der Waals surface area contributed by atoms with E-state index < -0.39 is 12.0 Å². The summed E-state index contributed by atoms with van der Waals surface area (Å²) in [5.74, 6) is -0.739. The molecule has 1 aliphatic rings. The minimum absolute atomic E-state index is 0.0855. The number of nitrogens with zero attached hydrogens (tertiary/aromatic N) is 1. The van der Waals surface area contributed by atoms with Crippen LogP contribution in [-0.2, 0) is 14.3 Å². The third-order valence-electron chi connectivity index (χ3n) is 6.56. The van der Waals surface area contributed by atoms with Crippen molar-refractivity contribution < 1.29 is 24.2 Å². The van der Waals surface area contributed by atoms with Crippen molar-refractivity contribution in [2.45, 2.75) is 64.5 Å². The third-order valence-corrected chi connectivity index (χ3v) is 6.56. The maximum atomic E-state index is 12.8. The molecule has 196 valence electrons. The molecule has 2 aromatic carbocycles. The summed E-state index contributed by atoms with van der Waals surface area (Å²) in [7, 11) is 1.55. The number of anilines is 3. The summed E-state index contributed by atoms with van der Waals surface area (Å²) in [6.45, 7) is 7.23. The Balaban J connectivity index is 2.04. The zero-order valence-electron chi connectivity index (χ0n) is 21.7. The first-order valence-electron chi connectivity index (χ1n) is 12.6. The molecule has 36 heavy (non-hydrogen) atoms. The predicted octanol–water partition coefficient (Wildman–Crippen LogP) is 5.42. The van der Waals surface area contributed by atoms with E-state index in [1.54, 1.807) is 7.11 Å². The Hall–Kier alpha value is -3.10. The Morgan fingerprint density at radius 1 is 1.22 bits per heavy atom. The van der Waals surface area contributed by atoms with Gasteiger partial charge in [0, 0.05) is 25.7 Å². The Morgan fingerprint density at radius 3 is 2.61 bits per heavy atom. The third kappa shape index (κ3) is 7.21. The minimum atomic E-state index is -0.912. The number of primary amides is 1. The van der Waals surface area contributed by atoms with Gasteiger partial charge in [0.15, 0.2) is 0 Å². The number of hydrogen-bond acceptors (Lipinski definition) is 5. The van der Waals surface area contributed by atoms with Crippen molar-refractivity contribution in [1.82, 2.24) is 0 Å². The summed E-state index contributed by atoms with van der Waals surface area (Å²) in [6.07, 6.45) is 2.81. The van der Waals surface area contributed by atoms with Crippen LogP contribution in [0.5, 0.6) is 0 Å². The zero-order chi connectivity index (χ0) is 26.2. The summed E-state index contributed by atoms with van der Waals surface area (Å²) >= 11 is 0. The van der Waals surface area contributed by atoms with Gasteiger partial charge in [0.25, 0.3) is 0 Å². The highest BCUT2D eigenvalue weighted by atomic mass is 16.5. The number of nitrogens with two attached hydrogens (primary N) is 1. The molecular formula is C28H39N3O5. The zero-order valence-corrected chi connectivity index (χ0v) is 21.7. The van der Waals surface area contributed by atoms with Gasteiger partial charge in [-0.25, -0.2) is 4.79 Å². The first kappa shape index (κ1) is 27.5. The molecule has 8 heteroatoms. The Morgan fingerprint density at radius 2 is 1.97 bits per heavy atom. The summed E-state index contributed by atoms with van der Waals surface area (Å²) in [6, 6.07) is 12.8. The molecule has 0 bridgehead atoms. The van der Waals surface area contributed by atoms with Crippen LogP contribution in [0.4, 0.5) is 21.9 Å². The molecule has 0 aliphatic carbocycles. The average Bonchev–Trinajstić information content (AvgIpc) is 2.80. The fourth-order valence-corrected chi connectivity index (χ4v) is 4.90. The highest BCUT2D eigenvalue weighted by Gasteiger charge is 2.27. The SMILES string of the molecule is COCC(CC(=O)O)c1ccc(NC2CCOC(CC(C)C)C2)c(N(C(N)=O)c2ccccc2C)c1. The lowest BCUT2D eigenvalue weighted by Gasteiger charge is -2.33. The van der Waals surface area contributed by atoms with Crippen molar-refractivity contribution in [1.29, 1.82) is 0 Å². The van der Waals surface area contributed by atoms with Gasteiger partial charge in [-0.05, 0) is 61.4 Å². The smallest absolute Gasteiger partial charge is 0.323 e. The van der Waals surface area contributed by atoms with E-state index in [4.69, 9.17) is 15.2 Å². The van der Waals surface area contributed by atoms with E-state index in [2.05, 4.69) is 19.2 Å². The number of hydrogen-bond donors (Lipinski definition) is 3. The van der Waals surface area contributed by atoms with Gasteiger partial charge in [0.2, 0.25) is 0 Å². The van der Waals surface area contributed by atoms with Crippen LogP contribution in [0.2, 0.25) is 0 Å². The molecule has 4 N–H and O–H groups in total. The molecule has 3 rings (SSSR count). The Bertz CT molecular complexity index is 1040. The number of aliphatic carboxylic acids is 1. The van der Waals surface area contributed by atoms with Gasteiger partial charge < -0.3 is 25.6 Å². The monoisotopic (exact) mass is 497 g/mol. The summed E-state index contributed by atoms with van der Waals surface area (Å²) < 4.78 is 11.3. The van der Waals surface area contributed by atoms with Gasteiger partial charge in [0.1, 0.15) is 0 Å². The van der Waals surface area contributed by atoms with E-state index in [0.29, 0.717) is 23.9 Å². The topological polar surface area (TPSA) is 114 Å². The molecule has 2 amide bonds. The predicted molar refractivity (Wildman–Crippen MR) is 142 cm³/mol. The molecule has 1 saturated heterocycles. The minimum Gasteiger partial charge on any atom is -0.481 e. The van der Waals surface area contributed by atoms with Crippen LogP contribution in [0.3, 0.4) is 0 Å². The van der Waals surface area contributed by atoms with E-state index in [0.717, 1.165) is 36.1 Å². The molecule has 0 radical (unpaired) electrons. The normalized spacial score (nSPS) is 18.6. The number of benzene rings is 2. The maximum Gasteiger partial charge on any atom is 0.323 e. The van der Waals surface area contributed by atoms with E-state index in [-0.39, 0.29) is 31.1 Å². The van der Waals surface area contributed by atoms with Gasteiger partial charge in [-0.2, -0.15) is 0 Å². The second kappa shape index (κ2) is 12.7. The number of urea groups is 1. The fourth-order valence-electron chi connectivity index (χ4n) is 4.90. The average molecular weight is 498 g/mol. The van der Waals surface area contributed by atoms with Crippen LogP contribution in [0, 0.1) is 12.8 Å². The molecule has 8 nitrogen and oxygen atoms in total. The molecule has 3 unspecified atom stereocenters. The van der Waals surface area contributed by atoms with Crippen molar-refractivity contribution in [2.24, 2.45) is 11.7 Å². The lowest BCUT2D eigenvalue weighted by Crippen LogP contribution is -2.36. The second-order valence-electron chi connectivity index (χ2n) is 9.97. The number of amides is 2. The van der Waals surface area contributed by atoms with Crippen LogP contribution in [-0.4, -0.2) is 49.6 Å². The summed E-state index contributed by atoms with van der Waals surface area (Å²) in [5, 5.41) is 13.1. The van der Waals surface area contributed by atoms with Crippen LogP contribution in [0.15, 0.2) is 42.5 Å².